The van der Waals surface area contributed by atoms with Crippen molar-refractivity contribution in [3.05, 3.63) is 22.9 Å². The normalized spacial score (nSPS) is 21.9. The average molecular weight is 338 g/mol. The van der Waals surface area contributed by atoms with Crippen molar-refractivity contribution in [3.8, 4) is 6.07 Å². The summed E-state index contributed by atoms with van der Waals surface area (Å²) in [5.41, 5.74) is 3.04. The van der Waals surface area contributed by atoms with Gasteiger partial charge < -0.3 is 9.80 Å². The van der Waals surface area contributed by atoms with Crippen molar-refractivity contribution in [2.75, 3.05) is 24.5 Å². The minimum absolute atomic E-state index is 0.0737. The van der Waals surface area contributed by atoms with Crippen LogP contribution in [0.2, 0.25) is 0 Å². The second-order valence-corrected chi connectivity index (χ2v) is 7.81. The maximum Gasteiger partial charge on any atom is 0.220 e. The Morgan fingerprint density at radius 2 is 2.00 bits per heavy atom. The van der Waals surface area contributed by atoms with Gasteiger partial charge in [-0.1, -0.05) is 19.3 Å². The monoisotopic (exact) mass is 338 g/mol. The molecule has 0 unspecified atom stereocenters. The Bertz CT molecular complexity index is 730. The number of carbonyl (C=O) groups is 1. The Morgan fingerprint density at radius 3 is 2.72 bits per heavy atom. The second kappa shape index (κ2) is 6.33. The molecule has 1 amide bonds. The first-order chi connectivity index (χ1) is 12.1. The lowest BCUT2D eigenvalue weighted by Gasteiger charge is -2.53. The molecule has 0 radical (unpaired) electrons. The number of pyridine rings is 1. The van der Waals surface area contributed by atoms with Crippen LogP contribution in [0.4, 0.5) is 5.82 Å². The Hall–Kier alpha value is -2.09. The van der Waals surface area contributed by atoms with Gasteiger partial charge in [0.25, 0.3) is 0 Å². The molecule has 1 aromatic heterocycles. The SMILES string of the molecule is CC(=O)N1CCN(c2nc3c(cc2C#N)CCC3)CC12CCCCC2. The highest BCUT2D eigenvalue weighted by molar-refractivity contribution is 5.75. The molecule has 0 N–H and O–H groups in total. The molecule has 4 rings (SSSR count). The number of hydrogen-bond donors (Lipinski definition) is 0. The Kier molecular flexibility index (Phi) is 4.15. The first-order valence-corrected chi connectivity index (χ1v) is 9.59. The Labute approximate surface area is 149 Å². The summed E-state index contributed by atoms with van der Waals surface area (Å²) in [6, 6.07) is 4.41. The van der Waals surface area contributed by atoms with Gasteiger partial charge >= 0.3 is 0 Å². The van der Waals surface area contributed by atoms with Crippen LogP contribution in [0.1, 0.15) is 62.3 Å². The zero-order valence-corrected chi connectivity index (χ0v) is 15.1. The van der Waals surface area contributed by atoms with Crippen molar-refractivity contribution in [2.24, 2.45) is 0 Å². The van der Waals surface area contributed by atoms with Gasteiger partial charge in [-0.2, -0.15) is 5.26 Å². The van der Waals surface area contributed by atoms with Crippen molar-refractivity contribution >= 4 is 11.7 Å². The lowest BCUT2D eigenvalue weighted by atomic mass is 9.78. The third kappa shape index (κ3) is 2.78. The van der Waals surface area contributed by atoms with E-state index in [4.69, 9.17) is 4.98 Å². The van der Waals surface area contributed by atoms with Crippen LogP contribution >= 0.6 is 0 Å². The zero-order chi connectivity index (χ0) is 17.4. The molecule has 25 heavy (non-hydrogen) atoms. The molecule has 1 saturated carbocycles. The molecule has 5 nitrogen and oxygen atoms in total. The number of aromatic nitrogens is 1. The zero-order valence-electron chi connectivity index (χ0n) is 15.1. The number of aryl methyl sites for hydroxylation is 2. The third-order valence-electron chi connectivity index (χ3n) is 6.27. The molecule has 0 atom stereocenters. The van der Waals surface area contributed by atoms with Gasteiger partial charge in [-0.05, 0) is 43.7 Å². The highest BCUT2D eigenvalue weighted by Crippen LogP contribution is 2.38. The smallest absolute Gasteiger partial charge is 0.220 e. The highest BCUT2D eigenvalue weighted by Gasteiger charge is 2.44. The van der Waals surface area contributed by atoms with Crippen LogP contribution < -0.4 is 4.90 Å². The van der Waals surface area contributed by atoms with Crippen LogP contribution in [0.15, 0.2) is 6.07 Å². The van der Waals surface area contributed by atoms with Crippen molar-refractivity contribution in [1.82, 2.24) is 9.88 Å². The lowest BCUT2D eigenvalue weighted by Crippen LogP contribution is -2.64. The summed E-state index contributed by atoms with van der Waals surface area (Å²) in [4.78, 5) is 21.5. The number of nitriles is 1. The van der Waals surface area contributed by atoms with Crippen molar-refractivity contribution < 1.29 is 4.79 Å². The second-order valence-electron chi connectivity index (χ2n) is 7.81. The topological polar surface area (TPSA) is 60.2 Å². The van der Waals surface area contributed by atoms with Crippen LogP contribution in [0, 0.1) is 11.3 Å². The number of nitrogens with zero attached hydrogens (tertiary/aromatic N) is 4. The fourth-order valence-electron chi connectivity index (χ4n) is 5.07. The predicted octanol–water partition coefficient (Wildman–Crippen LogP) is 2.81. The summed E-state index contributed by atoms with van der Waals surface area (Å²) in [5, 5.41) is 9.64. The number of amides is 1. The molecule has 2 aliphatic carbocycles. The molecular formula is C20H26N4O. The molecule has 0 aromatic carbocycles. The van der Waals surface area contributed by atoms with E-state index in [1.54, 1.807) is 6.92 Å². The molecule has 1 saturated heterocycles. The number of carbonyl (C=O) groups excluding carboxylic acids is 1. The third-order valence-corrected chi connectivity index (χ3v) is 6.27. The number of hydrogen-bond acceptors (Lipinski definition) is 4. The quantitative estimate of drug-likeness (QED) is 0.790. The Balaban J connectivity index is 1.68. The van der Waals surface area contributed by atoms with E-state index in [1.807, 2.05) is 0 Å². The van der Waals surface area contributed by atoms with Gasteiger partial charge in [0.15, 0.2) is 0 Å². The predicted molar refractivity (Wildman–Crippen MR) is 96.4 cm³/mol. The maximum atomic E-state index is 12.2. The van der Waals surface area contributed by atoms with E-state index in [-0.39, 0.29) is 11.4 Å². The standard InChI is InChI=1S/C20H26N4O/c1-15(25)24-11-10-23(14-20(24)8-3-2-4-9-20)19-17(13-21)12-16-6-5-7-18(16)22-19/h12H,2-11,14H2,1H3. The summed E-state index contributed by atoms with van der Waals surface area (Å²) in [6.45, 7) is 4.01. The number of anilines is 1. The summed E-state index contributed by atoms with van der Waals surface area (Å²) < 4.78 is 0. The van der Waals surface area contributed by atoms with E-state index in [2.05, 4.69) is 21.9 Å². The average Bonchev–Trinajstić information content (AvgIpc) is 3.08. The van der Waals surface area contributed by atoms with E-state index in [9.17, 15) is 10.1 Å². The molecule has 1 aromatic rings. The summed E-state index contributed by atoms with van der Waals surface area (Å²) >= 11 is 0. The van der Waals surface area contributed by atoms with Gasteiger partial charge in [0, 0.05) is 32.3 Å². The summed E-state index contributed by atoms with van der Waals surface area (Å²) in [7, 11) is 0. The molecule has 132 valence electrons. The Morgan fingerprint density at radius 1 is 1.20 bits per heavy atom. The summed E-state index contributed by atoms with van der Waals surface area (Å²) in [6.07, 6.45) is 8.95. The fraction of sp³-hybridized carbons (Fsp3) is 0.650. The van der Waals surface area contributed by atoms with Crippen molar-refractivity contribution in [1.29, 1.82) is 5.26 Å². The van der Waals surface area contributed by atoms with Crippen LogP contribution in [-0.4, -0.2) is 41.0 Å². The van der Waals surface area contributed by atoms with Gasteiger partial charge in [-0.25, -0.2) is 4.98 Å². The van der Waals surface area contributed by atoms with Crippen LogP contribution in [0.25, 0.3) is 0 Å². The minimum atomic E-state index is -0.0737. The molecule has 2 fully saturated rings. The summed E-state index contributed by atoms with van der Waals surface area (Å²) in [5.74, 6) is 1.03. The van der Waals surface area contributed by atoms with Gasteiger partial charge in [-0.15, -0.1) is 0 Å². The van der Waals surface area contributed by atoms with Crippen molar-refractivity contribution in [2.45, 2.75) is 63.8 Å². The van der Waals surface area contributed by atoms with Crippen LogP contribution in [-0.2, 0) is 17.6 Å². The minimum Gasteiger partial charge on any atom is -0.351 e. The number of piperazine rings is 1. The van der Waals surface area contributed by atoms with E-state index < -0.39 is 0 Å². The van der Waals surface area contributed by atoms with Crippen LogP contribution in [0.5, 0.6) is 0 Å². The fourth-order valence-corrected chi connectivity index (χ4v) is 5.07. The molecular weight excluding hydrogens is 312 g/mol. The van der Waals surface area contributed by atoms with Gasteiger partial charge in [0.2, 0.25) is 5.91 Å². The van der Waals surface area contributed by atoms with E-state index in [1.165, 1.54) is 30.5 Å². The van der Waals surface area contributed by atoms with Crippen LogP contribution in [0.3, 0.4) is 0 Å². The van der Waals surface area contributed by atoms with E-state index in [0.717, 1.165) is 57.6 Å². The lowest BCUT2D eigenvalue weighted by molar-refractivity contribution is -0.137. The maximum absolute atomic E-state index is 12.2. The molecule has 2 heterocycles. The molecule has 3 aliphatic rings. The van der Waals surface area contributed by atoms with Gasteiger partial charge in [-0.3, -0.25) is 4.79 Å². The molecule has 5 heteroatoms. The van der Waals surface area contributed by atoms with Crippen molar-refractivity contribution in [3.63, 3.8) is 0 Å². The molecule has 1 spiro atoms. The number of fused-ring (bicyclic) bond motifs is 1. The largest absolute Gasteiger partial charge is 0.351 e. The van der Waals surface area contributed by atoms with E-state index in [0.29, 0.717) is 5.56 Å². The van der Waals surface area contributed by atoms with Gasteiger partial charge in [0.05, 0.1) is 11.1 Å². The van der Waals surface area contributed by atoms with E-state index >= 15 is 0 Å². The van der Waals surface area contributed by atoms with Gasteiger partial charge in [0.1, 0.15) is 11.9 Å². The first kappa shape index (κ1) is 16.4. The highest BCUT2D eigenvalue weighted by atomic mass is 16.2. The molecule has 0 bridgehead atoms. The number of rotatable bonds is 1. The molecule has 1 aliphatic heterocycles. The first-order valence-electron chi connectivity index (χ1n) is 9.59.